The molecule has 1 aliphatic heterocycles. The molecule has 0 spiro atoms. The van der Waals surface area contributed by atoms with E-state index in [1.807, 2.05) is 73.6 Å². The van der Waals surface area contributed by atoms with Crippen molar-refractivity contribution in [3.05, 3.63) is 83.4 Å². The molecule has 2 fully saturated rings. The van der Waals surface area contributed by atoms with Crippen LogP contribution in [0.25, 0.3) is 16.8 Å². The summed E-state index contributed by atoms with van der Waals surface area (Å²) in [6.45, 7) is 3.90. The molecule has 1 saturated carbocycles. The lowest BCUT2D eigenvalue weighted by molar-refractivity contribution is 0.0564. The molecule has 0 bridgehead atoms. The quantitative estimate of drug-likeness (QED) is 0.337. The average Bonchev–Trinajstić information content (AvgIpc) is 3.29. The van der Waals surface area contributed by atoms with Gasteiger partial charge in [0, 0.05) is 43.8 Å². The van der Waals surface area contributed by atoms with Gasteiger partial charge in [0.25, 0.3) is 5.91 Å². The van der Waals surface area contributed by atoms with Crippen LogP contribution in [0.3, 0.4) is 0 Å². The second-order valence-corrected chi connectivity index (χ2v) is 10.5. The van der Waals surface area contributed by atoms with Gasteiger partial charge in [-0.25, -0.2) is 9.48 Å². The van der Waals surface area contributed by atoms with E-state index in [2.05, 4.69) is 15.4 Å². The van der Waals surface area contributed by atoms with E-state index in [1.165, 1.54) is 6.20 Å². The zero-order valence-electron chi connectivity index (χ0n) is 22.6. The average molecular weight is 541 g/mol. The van der Waals surface area contributed by atoms with Gasteiger partial charge in [0.2, 0.25) is 0 Å². The second kappa shape index (κ2) is 10.7. The van der Waals surface area contributed by atoms with Gasteiger partial charge in [0.1, 0.15) is 5.56 Å². The highest BCUT2D eigenvalue weighted by molar-refractivity contribution is 5.96. The minimum absolute atomic E-state index is 0.0139. The lowest BCUT2D eigenvalue weighted by Gasteiger charge is -2.24. The number of carbonyl (C=O) groups excluding carboxylic acids is 1. The molecule has 40 heavy (non-hydrogen) atoms. The number of benzene rings is 2. The first kappa shape index (κ1) is 25.9. The summed E-state index contributed by atoms with van der Waals surface area (Å²) >= 11 is 0. The molecule has 1 aliphatic carbocycles. The van der Waals surface area contributed by atoms with E-state index in [1.54, 1.807) is 9.36 Å². The molecule has 10 nitrogen and oxygen atoms in total. The zero-order chi connectivity index (χ0) is 27.8. The number of hydrogen-bond acceptors (Lipinski definition) is 6. The van der Waals surface area contributed by atoms with Gasteiger partial charge in [0.05, 0.1) is 35.9 Å². The Hall–Kier alpha value is -4.31. The third-order valence-corrected chi connectivity index (χ3v) is 7.86. The number of aromatic carboxylic acids is 1. The van der Waals surface area contributed by atoms with E-state index in [9.17, 15) is 14.7 Å². The number of nitrogens with zero attached hydrogens (tertiary/aromatic N) is 6. The lowest BCUT2D eigenvalue weighted by atomic mass is 10.0. The topological polar surface area (TPSA) is 115 Å². The molecule has 1 N–H and O–H groups in total. The molecular formula is C30H32N6O4. The highest BCUT2D eigenvalue weighted by atomic mass is 16.5. The second-order valence-electron chi connectivity index (χ2n) is 10.5. The number of amides is 1. The van der Waals surface area contributed by atoms with Gasteiger partial charge < -0.3 is 14.7 Å². The van der Waals surface area contributed by atoms with E-state index in [0.29, 0.717) is 24.5 Å². The molecule has 0 radical (unpaired) electrons. The van der Waals surface area contributed by atoms with Crippen LogP contribution in [0.4, 0.5) is 0 Å². The smallest absolute Gasteiger partial charge is 0.339 e. The Kier molecular flexibility index (Phi) is 6.93. The number of aromatic nitrogens is 5. The van der Waals surface area contributed by atoms with Crippen molar-refractivity contribution in [1.82, 2.24) is 29.7 Å². The molecule has 206 valence electrons. The largest absolute Gasteiger partial charge is 0.478 e. The normalized spacial score (nSPS) is 20.1. The molecule has 2 aromatic carbocycles. The predicted molar refractivity (Wildman–Crippen MR) is 148 cm³/mol. The Morgan fingerprint density at radius 3 is 2.65 bits per heavy atom. The number of likely N-dealkylation sites (tertiary alicyclic amines) is 1. The molecule has 2 aliphatic rings. The van der Waals surface area contributed by atoms with Crippen LogP contribution < -0.4 is 0 Å². The summed E-state index contributed by atoms with van der Waals surface area (Å²) in [6, 6.07) is 15.6. The summed E-state index contributed by atoms with van der Waals surface area (Å²) in [5.41, 5.74) is 4.94. The third kappa shape index (κ3) is 4.90. The molecule has 1 amide bonds. The fraction of sp³-hybridized carbons (Fsp3) is 0.367. The van der Waals surface area contributed by atoms with Crippen LogP contribution in [0.15, 0.2) is 60.9 Å². The fourth-order valence-corrected chi connectivity index (χ4v) is 5.79. The Balaban J connectivity index is 1.29. The first-order valence-electron chi connectivity index (χ1n) is 13.7. The molecule has 3 heterocycles. The molecule has 2 aromatic heterocycles. The molecule has 2 unspecified atom stereocenters. The molecular weight excluding hydrogens is 508 g/mol. The van der Waals surface area contributed by atoms with Crippen LogP contribution in [-0.2, 0) is 11.8 Å². The van der Waals surface area contributed by atoms with Crippen LogP contribution in [0.2, 0.25) is 0 Å². The van der Waals surface area contributed by atoms with Gasteiger partial charge in [-0.1, -0.05) is 29.5 Å². The number of hydrogen-bond donors (Lipinski definition) is 1. The number of ether oxygens (including phenoxy) is 1. The number of carboxylic acids is 1. The van der Waals surface area contributed by atoms with Gasteiger partial charge in [-0.3, -0.25) is 9.48 Å². The maximum Gasteiger partial charge on any atom is 0.339 e. The molecule has 3 atom stereocenters. The summed E-state index contributed by atoms with van der Waals surface area (Å²) in [5, 5.41) is 22.7. The van der Waals surface area contributed by atoms with Gasteiger partial charge in [0.15, 0.2) is 0 Å². The summed E-state index contributed by atoms with van der Waals surface area (Å²) in [6.07, 6.45) is 6.02. The SMILES string of the molecule is CCOC[C@H]1CCCN1C(=O)c1cccc(-c2cccc(-n3ncc(C(=O)O)c3C3CC3c3cn(C)nn3)c2)c1. The summed E-state index contributed by atoms with van der Waals surface area (Å²) in [7, 11) is 1.82. The van der Waals surface area contributed by atoms with E-state index < -0.39 is 5.97 Å². The minimum Gasteiger partial charge on any atom is -0.478 e. The first-order chi connectivity index (χ1) is 19.4. The van der Waals surface area contributed by atoms with Crippen molar-refractivity contribution < 1.29 is 19.4 Å². The van der Waals surface area contributed by atoms with Crippen LogP contribution in [-0.4, -0.2) is 72.5 Å². The van der Waals surface area contributed by atoms with E-state index >= 15 is 0 Å². The molecule has 10 heteroatoms. The highest BCUT2D eigenvalue weighted by Crippen LogP contribution is 2.55. The monoisotopic (exact) mass is 540 g/mol. The first-order valence-corrected chi connectivity index (χ1v) is 13.7. The van der Waals surface area contributed by atoms with E-state index in [0.717, 1.165) is 48.3 Å². The highest BCUT2D eigenvalue weighted by Gasteiger charge is 2.46. The van der Waals surface area contributed by atoms with Crippen molar-refractivity contribution in [2.24, 2.45) is 7.05 Å². The van der Waals surface area contributed by atoms with Crippen LogP contribution >= 0.6 is 0 Å². The van der Waals surface area contributed by atoms with Crippen LogP contribution in [0.5, 0.6) is 0 Å². The van der Waals surface area contributed by atoms with E-state index in [4.69, 9.17) is 4.74 Å². The standard InChI is InChI=1S/C30H32N6O4/c1-3-40-18-23-11-6-12-35(23)29(37)21-9-4-7-19(13-21)20-8-5-10-22(14-20)36-28(26(16-31-36)30(38)39)25-15-24(25)27-17-34(2)33-32-27/h4-5,7-10,13-14,16-17,23-25H,3,6,11-12,15,18H2,1-2H3,(H,38,39)/t23-,24?,25?/m1/s1. The minimum atomic E-state index is -1.00. The Labute approximate surface area is 232 Å². The van der Waals surface area contributed by atoms with Gasteiger partial charge >= 0.3 is 5.97 Å². The summed E-state index contributed by atoms with van der Waals surface area (Å²) in [5.74, 6) is -0.896. The molecule has 4 aromatic rings. The predicted octanol–water partition coefficient (Wildman–Crippen LogP) is 4.28. The van der Waals surface area contributed by atoms with E-state index in [-0.39, 0.29) is 29.3 Å². The Morgan fingerprint density at radius 1 is 1.10 bits per heavy atom. The number of carboxylic acid groups (broad SMARTS) is 1. The van der Waals surface area contributed by atoms with Crippen molar-refractivity contribution in [3.63, 3.8) is 0 Å². The molecule has 1 saturated heterocycles. The van der Waals surface area contributed by atoms with Crippen LogP contribution in [0, 0.1) is 0 Å². The number of aryl methyl sites for hydroxylation is 1. The Bertz CT molecular complexity index is 1560. The Morgan fingerprint density at radius 2 is 1.90 bits per heavy atom. The fourth-order valence-electron chi connectivity index (χ4n) is 5.79. The van der Waals surface area contributed by atoms with Crippen molar-refractivity contribution in [2.45, 2.75) is 44.1 Å². The lowest BCUT2D eigenvalue weighted by Crippen LogP contribution is -2.38. The van der Waals surface area contributed by atoms with Gasteiger partial charge in [-0.2, -0.15) is 5.10 Å². The summed E-state index contributed by atoms with van der Waals surface area (Å²) < 4.78 is 9.00. The third-order valence-electron chi connectivity index (χ3n) is 7.86. The van der Waals surface area contributed by atoms with Crippen molar-refractivity contribution in [3.8, 4) is 16.8 Å². The molecule has 6 rings (SSSR count). The number of rotatable bonds is 9. The summed E-state index contributed by atoms with van der Waals surface area (Å²) in [4.78, 5) is 27.4. The van der Waals surface area contributed by atoms with Crippen molar-refractivity contribution in [2.75, 3.05) is 19.8 Å². The van der Waals surface area contributed by atoms with Crippen LogP contribution in [0.1, 0.15) is 70.1 Å². The zero-order valence-corrected chi connectivity index (χ0v) is 22.6. The maximum absolute atomic E-state index is 13.4. The number of carbonyl (C=O) groups is 2. The van der Waals surface area contributed by atoms with Gasteiger partial charge in [-0.05, 0) is 61.6 Å². The maximum atomic E-state index is 13.4. The van der Waals surface area contributed by atoms with Crippen molar-refractivity contribution in [1.29, 1.82) is 0 Å². The van der Waals surface area contributed by atoms with Crippen molar-refractivity contribution >= 4 is 11.9 Å². The van der Waals surface area contributed by atoms with Gasteiger partial charge in [-0.15, -0.1) is 5.10 Å².